The van der Waals surface area contributed by atoms with Gasteiger partial charge in [-0.3, -0.25) is 9.35 Å². The van der Waals surface area contributed by atoms with E-state index in [0.717, 1.165) is 38.5 Å². The van der Waals surface area contributed by atoms with Crippen LogP contribution in [0, 0.1) is 0 Å². The standard InChI is InChI=1S/C43H81NO12S/c1-3-5-7-9-11-13-15-17-18-20-21-23-25-27-29-31-36(46)35(34-54-43-40(49)41(56-57(51,52)53)39(48)38(33-45)55-43)44-42(50)37(47)32-30-28-26-24-22-19-16-14-12-10-8-6-4-2/h21,23,29,31,35-41,43,45-49H,3-20,22,24-28,30,32-34H2,1-2H3,(H,44,50)(H,51,52,53)/b23-21+,31-29+. The van der Waals surface area contributed by atoms with Gasteiger partial charge in [-0.05, 0) is 32.1 Å². The maximum atomic E-state index is 13.1. The number of carbonyl (C=O) groups is 1. The van der Waals surface area contributed by atoms with Crippen molar-refractivity contribution < 1.29 is 57.0 Å². The monoisotopic (exact) mass is 836 g/mol. The van der Waals surface area contributed by atoms with Gasteiger partial charge in [-0.25, -0.2) is 4.18 Å². The first-order valence-corrected chi connectivity index (χ1v) is 23.7. The molecule has 0 aromatic carbocycles. The fourth-order valence-electron chi connectivity index (χ4n) is 7.01. The molecule has 57 heavy (non-hydrogen) atoms. The van der Waals surface area contributed by atoms with Crippen LogP contribution in [-0.2, 0) is 28.9 Å². The van der Waals surface area contributed by atoms with E-state index in [9.17, 15) is 38.7 Å². The van der Waals surface area contributed by atoms with Crippen LogP contribution in [0.25, 0.3) is 0 Å². The third-order valence-electron chi connectivity index (χ3n) is 10.6. The molecule has 0 saturated carbocycles. The quantitative estimate of drug-likeness (QED) is 0.0189. The molecule has 0 aromatic rings. The molecule has 8 unspecified atom stereocenters. The van der Waals surface area contributed by atoms with Gasteiger partial charge in [0.05, 0.1) is 25.4 Å². The molecule has 7 N–H and O–H groups in total. The summed E-state index contributed by atoms with van der Waals surface area (Å²) in [7, 11) is -5.12. The molecule has 1 heterocycles. The van der Waals surface area contributed by atoms with Gasteiger partial charge >= 0.3 is 10.4 Å². The van der Waals surface area contributed by atoms with Gasteiger partial charge < -0.3 is 40.3 Å². The maximum Gasteiger partial charge on any atom is 0.397 e. The molecular formula is C43H81NO12S. The SMILES string of the molecule is CCCCCCCCCCC/C=C/CC/C=C/C(O)C(COC1OC(CO)C(O)C(OS(=O)(=O)O)C1O)NC(=O)C(O)CCCCCCCCCCCCCCC. The van der Waals surface area contributed by atoms with Crippen molar-refractivity contribution in [2.24, 2.45) is 0 Å². The van der Waals surface area contributed by atoms with Crippen LogP contribution in [0.3, 0.4) is 0 Å². The Morgan fingerprint density at radius 2 is 1.18 bits per heavy atom. The average Bonchev–Trinajstić information content (AvgIpc) is 3.18. The molecule has 0 aromatic heterocycles. The number of carbonyl (C=O) groups excluding carboxylic acids is 1. The van der Waals surface area contributed by atoms with Gasteiger partial charge in [-0.15, -0.1) is 0 Å². The van der Waals surface area contributed by atoms with Crippen molar-refractivity contribution in [1.29, 1.82) is 0 Å². The van der Waals surface area contributed by atoms with E-state index in [2.05, 4.69) is 35.5 Å². The molecule has 0 bridgehead atoms. The van der Waals surface area contributed by atoms with E-state index in [1.54, 1.807) is 6.08 Å². The molecular weight excluding hydrogens is 755 g/mol. The van der Waals surface area contributed by atoms with E-state index in [4.69, 9.17) is 14.0 Å². The highest BCUT2D eigenvalue weighted by atomic mass is 32.3. The highest BCUT2D eigenvalue weighted by Gasteiger charge is 2.48. The first-order chi connectivity index (χ1) is 27.4. The highest BCUT2D eigenvalue weighted by molar-refractivity contribution is 7.80. The van der Waals surface area contributed by atoms with Gasteiger partial charge in [0, 0.05) is 0 Å². The lowest BCUT2D eigenvalue weighted by atomic mass is 9.99. The van der Waals surface area contributed by atoms with Crippen molar-refractivity contribution in [2.45, 2.75) is 230 Å². The predicted molar refractivity (Wildman–Crippen MR) is 224 cm³/mol. The van der Waals surface area contributed by atoms with Crippen molar-refractivity contribution >= 4 is 16.3 Å². The molecule has 336 valence electrons. The second kappa shape index (κ2) is 34.3. The Morgan fingerprint density at radius 3 is 1.68 bits per heavy atom. The molecule has 8 atom stereocenters. The second-order valence-corrected chi connectivity index (χ2v) is 16.8. The van der Waals surface area contributed by atoms with Crippen LogP contribution >= 0.6 is 0 Å². The van der Waals surface area contributed by atoms with Gasteiger partial charge in [0.25, 0.3) is 0 Å². The van der Waals surface area contributed by atoms with Crippen LogP contribution in [0.4, 0.5) is 0 Å². The van der Waals surface area contributed by atoms with E-state index in [1.165, 1.54) is 115 Å². The number of ether oxygens (including phenoxy) is 2. The molecule has 0 radical (unpaired) electrons. The number of amides is 1. The predicted octanol–water partition coefficient (Wildman–Crippen LogP) is 7.13. The van der Waals surface area contributed by atoms with Crippen molar-refractivity contribution in [3.8, 4) is 0 Å². The number of aliphatic hydroxyl groups is 5. The molecule has 13 nitrogen and oxygen atoms in total. The van der Waals surface area contributed by atoms with Crippen LogP contribution in [-0.4, -0.2) is 107 Å². The van der Waals surface area contributed by atoms with Crippen molar-refractivity contribution in [3.63, 3.8) is 0 Å². The molecule has 1 aliphatic heterocycles. The summed E-state index contributed by atoms with van der Waals surface area (Å²) in [5.41, 5.74) is 0. The Kier molecular flexibility index (Phi) is 32.2. The van der Waals surface area contributed by atoms with E-state index in [0.29, 0.717) is 12.8 Å². The molecule has 1 saturated heterocycles. The second-order valence-electron chi connectivity index (χ2n) is 15.8. The summed E-state index contributed by atoms with van der Waals surface area (Å²) in [5, 5.41) is 55.1. The van der Waals surface area contributed by atoms with E-state index >= 15 is 0 Å². The fraction of sp³-hybridized carbons (Fsp3) is 0.884. The van der Waals surface area contributed by atoms with E-state index < -0.39 is 78.5 Å². The number of aliphatic hydroxyl groups excluding tert-OH is 5. The Balaban J connectivity index is 2.65. The van der Waals surface area contributed by atoms with Gasteiger partial charge in [0.15, 0.2) is 6.29 Å². The minimum atomic E-state index is -5.12. The average molecular weight is 836 g/mol. The van der Waals surface area contributed by atoms with Gasteiger partial charge in [0.1, 0.15) is 30.5 Å². The number of nitrogens with one attached hydrogen (secondary N) is 1. The first kappa shape index (κ1) is 53.6. The van der Waals surface area contributed by atoms with Crippen molar-refractivity contribution in [2.75, 3.05) is 13.2 Å². The molecule has 1 aliphatic rings. The van der Waals surface area contributed by atoms with Crippen LogP contribution in [0.15, 0.2) is 24.3 Å². The van der Waals surface area contributed by atoms with Crippen LogP contribution in [0.5, 0.6) is 0 Å². The number of hydrogen-bond donors (Lipinski definition) is 7. The van der Waals surface area contributed by atoms with E-state index in [1.807, 2.05) is 0 Å². The fourth-order valence-corrected chi connectivity index (χ4v) is 7.51. The summed E-state index contributed by atoms with van der Waals surface area (Å²) < 4.78 is 47.4. The number of rotatable bonds is 37. The summed E-state index contributed by atoms with van der Waals surface area (Å²) in [6.45, 7) is 3.18. The zero-order valence-corrected chi connectivity index (χ0v) is 36.1. The number of allylic oxidation sites excluding steroid dienone is 3. The lowest BCUT2D eigenvalue weighted by Gasteiger charge is -2.41. The largest absolute Gasteiger partial charge is 0.397 e. The van der Waals surface area contributed by atoms with E-state index in [-0.39, 0.29) is 6.42 Å². The third-order valence-corrected chi connectivity index (χ3v) is 11.1. The maximum absolute atomic E-state index is 13.1. The van der Waals surface area contributed by atoms with Gasteiger partial charge in [-0.1, -0.05) is 173 Å². The molecule has 1 fully saturated rings. The lowest BCUT2D eigenvalue weighted by molar-refractivity contribution is -0.298. The Labute approximate surface area is 345 Å². The minimum absolute atomic E-state index is 0.240. The van der Waals surface area contributed by atoms with Crippen LogP contribution < -0.4 is 5.32 Å². The topological polar surface area (TPSA) is 212 Å². The normalized spacial score (nSPS) is 22.0. The Hall–Kier alpha value is -1.46. The summed E-state index contributed by atoms with van der Waals surface area (Å²) in [6.07, 6.45) is 25.5. The molecule has 0 spiro atoms. The lowest BCUT2D eigenvalue weighted by Crippen LogP contribution is -2.61. The summed E-state index contributed by atoms with van der Waals surface area (Å²) in [6, 6.07) is -1.13. The third kappa shape index (κ3) is 27.1. The first-order valence-electron chi connectivity index (χ1n) is 22.3. The Morgan fingerprint density at radius 1 is 0.702 bits per heavy atom. The Bertz CT molecular complexity index is 1140. The minimum Gasteiger partial charge on any atom is -0.394 e. The molecule has 14 heteroatoms. The zero-order chi connectivity index (χ0) is 42.2. The molecule has 1 rings (SSSR count). The number of hydrogen-bond acceptors (Lipinski definition) is 11. The molecule has 1 amide bonds. The zero-order valence-electron chi connectivity index (χ0n) is 35.3. The number of unbranched alkanes of at least 4 members (excludes halogenated alkanes) is 22. The summed E-state index contributed by atoms with van der Waals surface area (Å²) >= 11 is 0. The van der Waals surface area contributed by atoms with Crippen LogP contribution in [0.1, 0.15) is 181 Å². The summed E-state index contributed by atoms with van der Waals surface area (Å²) in [4.78, 5) is 13.1. The highest BCUT2D eigenvalue weighted by Crippen LogP contribution is 2.26. The van der Waals surface area contributed by atoms with Gasteiger partial charge in [-0.2, -0.15) is 8.42 Å². The van der Waals surface area contributed by atoms with Crippen LogP contribution in [0.2, 0.25) is 0 Å². The summed E-state index contributed by atoms with van der Waals surface area (Å²) in [5.74, 6) is -0.712. The van der Waals surface area contributed by atoms with Crippen molar-refractivity contribution in [1.82, 2.24) is 5.32 Å². The molecule has 0 aliphatic carbocycles. The smallest absolute Gasteiger partial charge is 0.394 e. The van der Waals surface area contributed by atoms with Gasteiger partial charge in [0.2, 0.25) is 5.91 Å². The van der Waals surface area contributed by atoms with Crippen molar-refractivity contribution in [3.05, 3.63) is 24.3 Å².